The lowest BCUT2D eigenvalue weighted by Gasteiger charge is -2.26. The van der Waals surface area contributed by atoms with E-state index in [1.54, 1.807) is 6.07 Å². The molecule has 3 nitrogen and oxygen atoms in total. The number of hydrogen-bond donors (Lipinski definition) is 2. The average Bonchev–Trinajstić information content (AvgIpc) is 2.38. The Morgan fingerprint density at radius 2 is 2.16 bits per heavy atom. The smallest absolute Gasteiger partial charge is 0.248 e. The molecule has 1 heterocycles. The van der Waals surface area contributed by atoms with Crippen LogP contribution < -0.4 is 10.9 Å². The topological polar surface area (TPSA) is 44.9 Å². The van der Waals surface area contributed by atoms with Gasteiger partial charge in [0.15, 0.2) is 0 Å². The van der Waals surface area contributed by atoms with E-state index in [0.717, 1.165) is 30.6 Å². The third kappa shape index (κ3) is 2.55. The van der Waals surface area contributed by atoms with Crippen molar-refractivity contribution in [2.24, 2.45) is 0 Å². The van der Waals surface area contributed by atoms with Crippen LogP contribution in [0.1, 0.15) is 35.7 Å². The van der Waals surface area contributed by atoms with E-state index in [0.29, 0.717) is 6.04 Å². The second-order valence-electron chi connectivity index (χ2n) is 5.22. The first-order valence-corrected chi connectivity index (χ1v) is 6.78. The highest BCUT2D eigenvalue weighted by Crippen LogP contribution is 2.30. The van der Waals surface area contributed by atoms with E-state index in [1.165, 1.54) is 11.1 Å². The molecule has 3 rings (SSSR count). The fourth-order valence-corrected chi connectivity index (χ4v) is 2.79. The summed E-state index contributed by atoms with van der Waals surface area (Å²) in [6.45, 7) is 2.09. The molecule has 1 aromatic carbocycles. The molecule has 0 saturated carbocycles. The molecule has 1 unspecified atom stereocenters. The largest absolute Gasteiger partial charge is 0.378 e. The Bertz CT molecular complexity index is 645. The summed E-state index contributed by atoms with van der Waals surface area (Å²) in [5.41, 5.74) is 4.71. The third-order valence-corrected chi connectivity index (χ3v) is 3.69. The molecule has 0 radical (unpaired) electrons. The molecular formula is C16H18N2O. The van der Waals surface area contributed by atoms with Crippen molar-refractivity contribution < 1.29 is 0 Å². The van der Waals surface area contributed by atoms with E-state index in [4.69, 9.17) is 0 Å². The van der Waals surface area contributed by atoms with Crippen LogP contribution in [-0.4, -0.2) is 4.98 Å². The lowest BCUT2D eigenvalue weighted by atomic mass is 9.91. The standard InChI is InChI=1S/C16H18N2O/c1-11-4-2-5-12(10-11)17-14-6-3-7-15-13(14)8-9-16(19)18-15/h2,4-5,8-10,14,17H,3,6-7H2,1H3,(H,18,19). The van der Waals surface area contributed by atoms with Crippen molar-refractivity contribution in [2.75, 3.05) is 5.32 Å². The van der Waals surface area contributed by atoms with E-state index in [9.17, 15) is 4.79 Å². The lowest BCUT2D eigenvalue weighted by Crippen LogP contribution is -2.21. The van der Waals surface area contributed by atoms with Crippen LogP contribution >= 0.6 is 0 Å². The van der Waals surface area contributed by atoms with E-state index in [2.05, 4.69) is 41.5 Å². The highest BCUT2D eigenvalue weighted by atomic mass is 16.1. The Balaban J connectivity index is 1.90. The van der Waals surface area contributed by atoms with Gasteiger partial charge in [-0.1, -0.05) is 12.1 Å². The fraction of sp³-hybridized carbons (Fsp3) is 0.312. The average molecular weight is 254 g/mol. The summed E-state index contributed by atoms with van der Waals surface area (Å²) < 4.78 is 0. The molecule has 1 aliphatic carbocycles. The summed E-state index contributed by atoms with van der Waals surface area (Å²) in [4.78, 5) is 14.3. The highest BCUT2D eigenvalue weighted by Gasteiger charge is 2.20. The van der Waals surface area contributed by atoms with E-state index in [1.807, 2.05) is 6.07 Å². The predicted molar refractivity (Wildman–Crippen MR) is 77.5 cm³/mol. The maximum absolute atomic E-state index is 11.4. The number of H-pyrrole nitrogens is 1. The van der Waals surface area contributed by atoms with Crippen LogP contribution in [0.15, 0.2) is 41.2 Å². The Hall–Kier alpha value is -2.03. The molecule has 0 saturated heterocycles. The Labute approximate surface area is 112 Å². The van der Waals surface area contributed by atoms with Gasteiger partial charge in [-0.2, -0.15) is 0 Å². The highest BCUT2D eigenvalue weighted by molar-refractivity contribution is 5.48. The third-order valence-electron chi connectivity index (χ3n) is 3.69. The molecule has 0 spiro atoms. The van der Waals surface area contributed by atoms with Gasteiger partial charge in [0, 0.05) is 17.4 Å². The van der Waals surface area contributed by atoms with Crippen LogP contribution in [0.25, 0.3) is 0 Å². The zero-order chi connectivity index (χ0) is 13.2. The number of pyridine rings is 1. The zero-order valence-electron chi connectivity index (χ0n) is 11.1. The molecule has 2 N–H and O–H groups in total. The Kier molecular flexibility index (Phi) is 3.11. The molecule has 0 bridgehead atoms. The summed E-state index contributed by atoms with van der Waals surface area (Å²) >= 11 is 0. The first kappa shape index (κ1) is 12.0. The number of hydrogen-bond acceptors (Lipinski definition) is 2. The second kappa shape index (κ2) is 4.92. The minimum atomic E-state index is -0.00467. The first-order valence-electron chi connectivity index (χ1n) is 6.78. The summed E-state index contributed by atoms with van der Waals surface area (Å²) in [6.07, 6.45) is 3.18. The van der Waals surface area contributed by atoms with Crippen molar-refractivity contribution >= 4 is 5.69 Å². The van der Waals surface area contributed by atoms with Crippen LogP contribution in [0.4, 0.5) is 5.69 Å². The molecule has 1 aromatic heterocycles. The fourth-order valence-electron chi connectivity index (χ4n) is 2.79. The normalized spacial score (nSPS) is 17.8. The van der Waals surface area contributed by atoms with Gasteiger partial charge in [-0.15, -0.1) is 0 Å². The molecule has 3 heteroatoms. The monoisotopic (exact) mass is 254 g/mol. The van der Waals surface area contributed by atoms with Gasteiger partial charge < -0.3 is 10.3 Å². The van der Waals surface area contributed by atoms with Crippen molar-refractivity contribution in [2.45, 2.75) is 32.2 Å². The van der Waals surface area contributed by atoms with Gasteiger partial charge >= 0.3 is 0 Å². The van der Waals surface area contributed by atoms with Crippen LogP contribution in [-0.2, 0) is 6.42 Å². The molecule has 1 atom stereocenters. The number of aryl methyl sites for hydroxylation is 2. The first-order chi connectivity index (χ1) is 9.22. The lowest BCUT2D eigenvalue weighted by molar-refractivity contribution is 0.587. The number of fused-ring (bicyclic) bond motifs is 1. The molecule has 1 aliphatic rings. The maximum Gasteiger partial charge on any atom is 0.248 e. The van der Waals surface area contributed by atoms with Gasteiger partial charge in [-0.05, 0) is 55.5 Å². The summed E-state index contributed by atoms with van der Waals surface area (Å²) in [6, 6.07) is 12.3. The van der Waals surface area contributed by atoms with Crippen molar-refractivity contribution in [3.8, 4) is 0 Å². The summed E-state index contributed by atoms with van der Waals surface area (Å²) in [7, 11) is 0. The van der Waals surface area contributed by atoms with Gasteiger partial charge in [0.1, 0.15) is 0 Å². The van der Waals surface area contributed by atoms with Crippen LogP contribution in [0, 0.1) is 6.92 Å². The molecule has 2 aromatic rings. The van der Waals surface area contributed by atoms with Gasteiger partial charge in [-0.3, -0.25) is 4.79 Å². The van der Waals surface area contributed by atoms with E-state index in [-0.39, 0.29) is 5.56 Å². The van der Waals surface area contributed by atoms with Gasteiger partial charge in [0.05, 0.1) is 6.04 Å². The van der Waals surface area contributed by atoms with E-state index < -0.39 is 0 Å². The van der Waals surface area contributed by atoms with Crippen molar-refractivity contribution in [3.63, 3.8) is 0 Å². The van der Waals surface area contributed by atoms with E-state index >= 15 is 0 Å². The quantitative estimate of drug-likeness (QED) is 0.864. The van der Waals surface area contributed by atoms with Gasteiger partial charge in [0.2, 0.25) is 5.56 Å². The van der Waals surface area contributed by atoms with Crippen LogP contribution in [0.2, 0.25) is 0 Å². The minimum absolute atomic E-state index is 0.00467. The van der Waals surface area contributed by atoms with Crippen molar-refractivity contribution in [1.82, 2.24) is 4.98 Å². The Morgan fingerprint density at radius 3 is 3.00 bits per heavy atom. The summed E-state index contributed by atoms with van der Waals surface area (Å²) in [5.74, 6) is 0. The number of anilines is 1. The van der Waals surface area contributed by atoms with Crippen molar-refractivity contribution in [3.05, 3.63) is 63.6 Å². The zero-order valence-corrected chi connectivity index (χ0v) is 11.1. The number of aromatic amines is 1. The minimum Gasteiger partial charge on any atom is -0.378 e. The number of nitrogens with one attached hydrogen (secondary N) is 2. The van der Waals surface area contributed by atoms with Gasteiger partial charge in [-0.25, -0.2) is 0 Å². The second-order valence-corrected chi connectivity index (χ2v) is 5.22. The molecule has 0 fully saturated rings. The number of benzene rings is 1. The molecule has 0 aliphatic heterocycles. The number of aromatic nitrogens is 1. The van der Waals surface area contributed by atoms with Crippen LogP contribution in [0.5, 0.6) is 0 Å². The maximum atomic E-state index is 11.4. The van der Waals surface area contributed by atoms with Crippen LogP contribution in [0.3, 0.4) is 0 Å². The molecule has 0 amide bonds. The van der Waals surface area contributed by atoms with Crippen molar-refractivity contribution in [1.29, 1.82) is 0 Å². The predicted octanol–water partition coefficient (Wildman–Crippen LogP) is 3.17. The molecule has 19 heavy (non-hydrogen) atoms. The SMILES string of the molecule is Cc1cccc(NC2CCCc3[nH]c(=O)ccc32)c1. The molecular weight excluding hydrogens is 236 g/mol. The molecule has 98 valence electrons. The Morgan fingerprint density at radius 1 is 1.26 bits per heavy atom. The number of rotatable bonds is 2. The summed E-state index contributed by atoms with van der Waals surface area (Å²) in [5, 5.41) is 3.58. The van der Waals surface area contributed by atoms with Gasteiger partial charge in [0.25, 0.3) is 0 Å².